The van der Waals surface area contributed by atoms with Crippen LogP contribution < -0.4 is 10.1 Å². The fourth-order valence-corrected chi connectivity index (χ4v) is 1.60. The van der Waals surface area contributed by atoms with Crippen molar-refractivity contribution in [2.24, 2.45) is 0 Å². The molecule has 0 aliphatic rings. The van der Waals surface area contributed by atoms with Gasteiger partial charge in [0.05, 0.1) is 7.11 Å². The lowest BCUT2D eigenvalue weighted by Gasteiger charge is -2.12. The molecule has 1 aromatic rings. The summed E-state index contributed by atoms with van der Waals surface area (Å²) in [7, 11) is 1.27. The van der Waals surface area contributed by atoms with Gasteiger partial charge in [-0.25, -0.2) is 4.79 Å². The zero-order valence-electron chi connectivity index (χ0n) is 10.1. The molecule has 5 nitrogen and oxygen atoms in total. The summed E-state index contributed by atoms with van der Waals surface area (Å²) in [6.07, 6.45) is 0. The maximum atomic E-state index is 11.5. The SMILES string of the molecule is COC(=O)C(C)NC(=O)COc1cccc(Br)c1. The second kappa shape index (κ2) is 7.00. The molecule has 0 fully saturated rings. The summed E-state index contributed by atoms with van der Waals surface area (Å²) in [6, 6.07) is 6.45. The van der Waals surface area contributed by atoms with Gasteiger partial charge in [0.15, 0.2) is 6.61 Å². The molecule has 1 aromatic carbocycles. The molecule has 0 aliphatic heterocycles. The molecule has 0 aromatic heterocycles. The van der Waals surface area contributed by atoms with Gasteiger partial charge in [0.1, 0.15) is 11.8 Å². The standard InChI is InChI=1S/C12H14BrNO4/c1-8(12(16)17-2)14-11(15)7-18-10-5-3-4-9(13)6-10/h3-6,8H,7H2,1-2H3,(H,14,15). The molecule has 0 saturated carbocycles. The predicted molar refractivity (Wildman–Crippen MR) is 69.3 cm³/mol. The van der Waals surface area contributed by atoms with E-state index in [1.54, 1.807) is 25.1 Å². The van der Waals surface area contributed by atoms with Crippen molar-refractivity contribution < 1.29 is 19.1 Å². The molecule has 1 amide bonds. The fraction of sp³-hybridized carbons (Fsp3) is 0.333. The average molecular weight is 316 g/mol. The van der Waals surface area contributed by atoms with E-state index < -0.39 is 12.0 Å². The molecule has 0 aliphatic carbocycles. The minimum atomic E-state index is -0.686. The summed E-state index contributed by atoms with van der Waals surface area (Å²) in [5, 5.41) is 2.47. The third-order valence-corrected chi connectivity index (χ3v) is 2.59. The Morgan fingerprint density at radius 1 is 1.44 bits per heavy atom. The molecule has 18 heavy (non-hydrogen) atoms. The maximum Gasteiger partial charge on any atom is 0.328 e. The van der Waals surface area contributed by atoms with Gasteiger partial charge in [-0.15, -0.1) is 0 Å². The Morgan fingerprint density at radius 3 is 2.78 bits per heavy atom. The summed E-state index contributed by atoms with van der Waals surface area (Å²) < 4.78 is 10.6. The summed E-state index contributed by atoms with van der Waals surface area (Å²) >= 11 is 3.30. The Bertz CT molecular complexity index is 436. The van der Waals surface area contributed by atoms with Crippen molar-refractivity contribution in [1.29, 1.82) is 0 Å². The van der Waals surface area contributed by atoms with E-state index >= 15 is 0 Å². The molecular weight excluding hydrogens is 302 g/mol. The van der Waals surface area contributed by atoms with E-state index in [1.807, 2.05) is 6.07 Å². The highest BCUT2D eigenvalue weighted by Gasteiger charge is 2.15. The summed E-state index contributed by atoms with van der Waals surface area (Å²) in [5.74, 6) is -0.302. The highest BCUT2D eigenvalue weighted by molar-refractivity contribution is 9.10. The van der Waals surface area contributed by atoms with Crippen molar-refractivity contribution in [3.8, 4) is 5.75 Å². The topological polar surface area (TPSA) is 64.6 Å². The third-order valence-electron chi connectivity index (χ3n) is 2.10. The van der Waals surface area contributed by atoms with Crippen molar-refractivity contribution >= 4 is 27.8 Å². The zero-order chi connectivity index (χ0) is 13.5. The average Bonchev–Trinajstić information content (AvgIpc) is 2.35. The minimum Gasteiger partial charge on any atom is -0.484 e. The van der Waals surface area contributed by atoms with Gasteiger partial charge < -0.3 is 14.8 Å². The van der Waals surface area contributed by atoms with Crippen molar-refractivity contribution in [2.75, 3.05) is 13.7 Å². The number of hydrogen-bond donors (Lipinski definition) is 1. The molecule has 1 unspecified atom stereocenters. The number of halogens is 1. The number of methoxy groups -OCH3 is 1. The van der Waals surface area contributed by atoms with Crippen LogP contribution in [0.15, 0.2) is 28.7 Å². The van der Waals surface area contributed by atoms with E-state index in [9.17, 15) is 9.59 Å². The number of rotatable bonds is 5. The van der Waals surface area contributed by atoms with Crippen LogP contribution in [0.4, 0.5) is 0 Å². The fourth-order valence-electron chi connectivity index (χ4n) is 1.22. The molecule has 0 radical (unpaired) electrons. The van der Waals surface area contributed by atoms with Gasteiger partial charge in [-0.05, 0) is 25.1 Å². The monoisotopic (exact) mass is 315 g/mol. The number of esters is 1. The Kier molecular flexibility index (Phi) is 5.64. The van der Waals surface area contributed by atoms with Crippen molar-refractivity contribution in [3.05, 3.63) is 28.7 Å². The highest BCUT2D eigenvalue weighted by Crippen LogP contribution is 2.17. The van der Waals surface area contributed by atoms with Crippen molar-refractivity contribution in [1.82, 2.24) is 5.32 Å². The van der Waals surface area contributed by atoms with Gasteiger partial charge in [0.25, 0.3) is 5.91 Å². The van der Waals surface area contributed by atoms with Crippen LogP contribution in [-0.2, 0) is 14.3 Å². The predicted octanol–water partition coefficient (Wildman–Crippen LogP) is 1.51. The second-order valence-corrected chi connectivity index (χ2v) is 4.47. The number of benzene rings is 1. The van der Waals surface area contributed by atoms with Crippen LogP contribution in [0.2, 0.25) is 0 Å². The van der Waals surface area contributed by atoms with Crippen LogP contribution in [0.3, 0.4) is 0 Å². The number of carbonyl (C=O) groups excluding carboxylic acids is 2. The first-order valence-electron chi connectivity index (χ1n) is 5.28. The van der Waals surface area contributed by atoms with Crippen LogP contribution in [0.5, 0.6) is 5.75 Å². The van der Waals surface area contributed by atoms with Crippen LogP contribution in [0.25, 0.3) is 0 Å². The molecule has 1 rings (SSSR count). The summed E-state index contributed by atoms with van der Waals surface area (Å²) in [6.45, 7) is 1.39. The van der Waals surface area contributed by atoms with E-state index in [-0.39, 0.29) is 12.5 Å². The molecule has 0 saturated heterocycles. The number of nitrogens with one attached hydrogen (secondary N) is 1. The summed E-state index contributed by atoms with van der Waals surface area (Å²) in [5.41, 5.74) is 0. The quantitative estimate of drug-likeness (QED) is 0.836. The lowest BCUT2D eigenvalue weighted by atomic mass is 10.3. The number of ether oxygens (including phenoxy) is 2. The van der Waals surface area contributed by atoms with E-state index in [0.717, 1.165) is 4.47 Å². The number of carbonyl (C=O) groups is 2. The lowest BCUT2D eigenvalue weighted by molar-refractivity contribution is -0.144. The zero-order valence-corrected chi connectivity index (χ0v) is 11.7. The first-order valence-corrected chi connectivity index (χ1v) is 6.08. The Hall–Kier alpha value is -1.56. The lowest BCUT2D eigenvalue weighted by Crippen LogP contribution is -2.41. The van der Waals surface area contributed by atoms with Gasteiger partial charge in [0, 0.05) is 4.47 Å². The van der Waals surface area contributed by atoms with E-state index in [1.165, 1.54) is 7.11 Å². The van der Waals surface area contributed by atoms with Crippen LogP contribution in [0.1, 0.15) is 6.92 Å². The van der Waals surface area contributed by atoms with Gasteiger partial charge in [-0.3, -0.25) is 4.79 Å². The smallest absolute Gasteiger partial charge is 0.328 e. The van der Waals surface area contributed by atoms with Crippen LogP contribution >= 0.6 is 15.9 Å². The van der Waals surface area contributed by atoms with Gasteiger partial charge in [-0.1, -0.05) is 22.0 Å². The van der Waals surface area contributed by atoms with Gasteiger partial charge in [0.2, 0.25) is 0 Å². The van der Waals surface area contributed by atoms with Crippen LogP contribution in [-0.4, -0.2) is 31.6 Å². The Labute approximate surface area is 114 Å². The van der Waals surface area contributed by atoms with Crippen molar-refractivity contribution in [2.45, 2.75) is 13.0 Å². The summed E-state index contributed by atoms with van der Waals surface area (Å²) in [4.78, 5) is 22.6. The molecule has 0 spiro atoms. The molecule has 0 heterocycles. The maximum absolute atomic E-state index is 11.5. The molecule has 1 N–H and O–H groups in total. The molecule has 98 valence electrons. The van der Waals surface area contributed by atoms with Gasteiger partial charge >= 0.3 is 5.97 Å². The number of hydrogen-bond acceptors (Lipinski definition) is 4. The second-order valence-electron chi connectivity index (χ2n) is 3.56. The van der Waals surface area contributed by atoms with E-state index in [4.69, 9.17) is 4.74 Å². The largest absolute Gasteiger partial charge is 0.484 e. The molecule has 0 bridgehead atoms. The first-order chi connectivity index (χ1) is 8.52. The number of amides is 1. The molecule has 6 heteroatoms. The van der Waals surface area contributed by atoms with Crippen molar-refractivity contribution in [3.63, 3.8) is 0 Å². The van der Waals surface area contributed by atoms with E-state index in [2.05, 4.69) is 26.0 Å². The normalized spacial score (nSPS) is 11.5. The molecular formula is C12H14BrNO4. The highest BCUT2D eigenvalue weighted by atomic mass is 79.9. The third kappa shape index (κ3) is 4.75. The Morgan fingerprint density at radius 2 is 2.17 bits per heavy atom. The van der Waals surface area contributed by atoms with E-state index in [0.29, 0.717) is 5.75 Å². The van der Waals surface area contributed by atoms with Crippen LogP contribution in [0, 0.1) is 0 Å². The van der Waals surface area contributed by atoms with Gasteiger partial charge in [-0.2, -0.15) is 0 Å². The molecule has 1 atom stereocenters. The Balaban J connectivity index is 2.40. The minimum absolute atomic E-state index is 0.155. The first kappa shape index (κ1) is 14.5.